The van der Waals surface area contributed by atoms with Gasteiger partial charge in [-0.25, -0.2) is 0 Å². The minimum atomic E-state index is -0.631. The minimum absolute atomic E-state index is 0.0239. The lowest BCUT2D eigenvalue weighted by atomic mass is 9.52. The number of aldehydes is 2. The summed E-state index contributed by atoms with van der Waals surface area (Å²) in [5.41, 5.74) is 1.95. The van der Waals surface area contributed by atoms with Crippen LogP contribution in [0.5, 0.6) is 17.2 Å². The molecule has 2 aromatic carbocycles. The number of carbonyl (C=O) groups is 2. The molecule has 0 aromatic heterocycles. The van der Waals surface area contributed by atoms with Crippen molar-refractivity contribution in [2.24, 2.45) is 23.2 Å². The van der Waals surface area contributed by atoms with E-state index < -0.39 is 11.4 Å². The molecule has 5 nitrogen and oxygen atoms in total. The fraction of sp³-hybridized carbons (Fsp3) is 0.467. The van der Waals surface area contributed by atoms with Crippen molar-refractivity contribution in [3.63, 3.8) is 0 Å². The Bertz CT molecular complexity index is 1200. The van der Waals surface area contributed by atoms with Crippen molar-refractivity contribution >= 4 is 12.6 Å². The molecule has 2 aliphatic carbocycles. The fourth-order valence-electron chi connectivity index (χ4n) is 7.25. The molecule has 5 rings (SSSR count). The maximum atomic E-state index is 12.1. The number of fused-ring (bicyclic) bond motifs is 3. The summed E-state index contributed by atoms with van der Waals surface area (Å²) in [6.45, 7) is 11.2. The quantitative estimate of drug-likeness (QED) is 0.396. The molecule has 1 aliphatic heterocycles. The van der Waals surface area contributed by atoms with E-state index in [1.54, 1.807) is 0 Å². The monoisotopic (exact) mass is 474 g/mol. The van der Waals surface area contributed by atoms with Crippen molar-refractivity contribution in [1.29, 1.82) is 0 Å². The van der Waals surface area contributed by atoms with Crippen LogP contribution in [0.25, 0.3) is 0 Å². The number of aromatic hydroxyl groups is 2. The van der Waals surface area contributed by atoms with Gasteiger partial charge in [0.25, 0.3) is 0 Å². The summed E-state index contributed by atoms with van der Waals surface area (Å²) in [6.07, 6.45) is 5.50. The molecule has 0 unspecified atom stereocenters. The predicted octanol–water partition coefficient (Wildman–Crippen LogP) is 6.41. The largest absolute Gasteiger partial charge is 0.507 e. The molecule has 0 radical (unpaired) electrons. The molecule has 1 heterocycles. The van der Waals surface area contributed by atoms with Crippen molar-refractivity contribution in [3.8, 4) is 17.2 Å². The van der Waals surface area contributed by atoms with Crippen LogP contribution in [0.1, 0.15) is 90.6 Å². The van der Waals surface area contributed by atoms with E-state index in [1.165, 1.54) is 5.57 Å². The van der Waals surface area contributed by atoms with Gasteiger partial charge in [-0.2, -0.15) is 0 Å². The summed E-state index contributed by atoms with van der Waals surface area (Å²) in [7, 11) is 0. The van der Waals surface area contributed by atoms with Crippen LogP contribution in [0.4, 0.5) is 0 Å². The number of hydrogen-bond acceptors (Lipinski definition) is 5. The molecule has 3 aliphatic rings. The highest BCUT2D eigenvalue weighted by Gasteiger charge is 2.54. The molecule has 0 saturated heterocycles. The Morgan fingerprint density at radius 2 is 1.66 bits per heavy atom. The van der Waals surface area contributed by atoms with Crippen molar-refractivity contribution in [3.05, 3.63) is 64.7 Å². The summed E-state index contributed by atoms with van der Waals surface area (Å²) in [5.74, 6) is 0.0524. The number of phenolic OH excluding ortho intramolecular Hbond substituents is 2. The number of phenols is 2. The van der Waals surface area contributed by atoms with E-state index >= 15 is 0 Å². The topological polar surface area (TPSA) is 83.8 Å². The molecule has 0 spiro atoms. The third-order valence-electron chi connectivity index (χ3n) is 9.23. The van der Waals surface area contributed by atoms with Gasteiger partial charge in [0.05, 0.1) is 11.1 Å². The maximum absolute atomic E-state index is 12.1. The van der Waals surface area contributed by atoms with Crippen molar-refractivity contribution in [2.75, 3.05) is 0 Å². The normalized spacial score (nSPS) is 31.2. The second-order valence-electron chi connectivity index (χ2n) is 11.6. The van der Waals surface area contributed by atoms with E-state index in [2.05, 4.69) is 27.4 Å². The second-order valence-corrected chi connectivity index (χ2v) is 11.6. The molecular weight excluding hydrogens is 440 g/mol. The van der Waals surface area contributed by atoms with E-state index in [1.807, 2.05) is 30.3 Å². The molecule has 5 atom stereocenters. The fourth-order valence-corrected chi connectivity index (χ4v) is 7.25. The molecular formula is C30H34O5. The molecule has 2 fully saturated rings. The highest BCUT2D eigenvalue weighted by atomic mass is 16.5. The van der Waals surface area contributed by atoms with E-state index in [9.17, 15) is 19.8 Å². The number of hydrogen-bond donors (Lipinski definition) is 2. The Balaban J connectivity index is 1.73. The summed E-state index contributed by atoms with van der Waals surface area (Å²) >= 11 is 0. The molecule has 35 heavy (non-hydrogen) atoms. The first-order valence-corrected chi connectivity index (χ1v) is 12.6. The molecule has 2 N–H and O–H groups in total. The van der Waals surface area contributed by atoms with Gasteiger partial charge in [0.2, 0.25) is 0 Å². The van der Waals surface area contributed by atoms with Gasteiger partial charge in [0.1, 0.15) is 22.8 Å². The summed E-state index contributed by atoms with van der Waals surface area (Å²) < 4.78 is 6.66. The molecule has 0 bridgehead atoms. The number of rotatable bonds is 3. The van der Waals surface area contributed by atoms with Crippen LogP contribution >= 0.6 is 0 Å². The van der Waals surface area contributed by atoms with Crippen LogP contribution in [-0.2, 0) is 0 Å². The molecule has 2 saturated carbocycles. The van der Waals surface area contributed by atoms with Gasteiger partial charge in [0.15, 0.2) is 12.6 Å². The average Bonchev–Trinajstić information content (AvgIpc) is 2.86. The third kappa shape index (κ3) is 3.50. The average molecular weight is 475 g/mol. The van der Waals surface area contributed by atoms with Crippen LogP contribution in [0.15, 0.2) is 42.5 Å². The van der Waals surface area contributed by atoms with Crippen LogP contribution in [-0.4, -0.2) is 28.4 Å². The number of ether oxygens (including phenoxy) is 1. The van der Waals surface area contributed by atoms with Crippen LogP contribution < -0.4 is 4.74 Å². The number of allylic oxidation sites excluding steroid dienone is 1. The predicted molar refractivity (Wildman–Crippen MR) is 134 cm³/mol. The van der Waals surface area contributed by atoms with E-state index in [0.29, 0.717) is 30.0 Å². The Labute approximate surface area is 206 Å². The zero-order valence-corrected chi connectivity index (χ0v) is 20.7. The Hall–Kier alpha value is -3.08. The van der Waals surface area contributed by atoms with E-state index in [-0.39, 0.29) is 39.9 Å². The Morgan fingerprint density at radius 3 is 2.29 bits per heavy atom. The molecule has 5 heteroatoms. The van der Waals surface area contributed by atoms with Gasteiger partial charge >= 0.3 is 0 Å². The van der Waals surface area contributed by atoms with Gasteiger partial charge in [-0.15, -0.1) is 0 Å². The van der Waals surface area contributed by atoms with Gasteiger partial charge < -0.3 is 14.9 Å². The smallest absolute Gasteiger partial charge is 0.157 e. The second kappa shape index (κ2) is 8.25. The summed E-state index contributed by atoms with van der Waals surface area (Å²) in [6, 6.07) is 9.89. The Kier molecular flexibility index (Phi) is 5.58. The molecule has 2 aromatic rings. The third-order valence-corrected chi connectivity index (χ3v) is 9.23. The zero-order chi connectivity index (χ0) is 25.1. The molecule has 0 amide bonds. The van der Waals surface area contributed by atoms with Crippen LogP contribution in [0.3, 0.4) is 0 Å². The highest BCUT2D eigenvalue weighted by Crippen LogP contribution is 2.62. The summed E-state index contributed by atoms with van der Waals surface area (Å²) in [5, 5.41) is 21.9. The van der Waals surface area contributed by atoms with Gasteiger partial charge in [-0.05, 0) is 61.8 Å². The Morgan fingerprint density at radius 1 is 0.971 bits per heavy atom. The van der Waals surface area contributed by atoms with Crippen molar-refractivity contribution in [1.82, 2.24) is 0 Å². The first kappa shape index (κ1) is 23.7. The van der Waals surface area contributed by atoms with Crippen LogP contribution in [0, 0.1) is 23.2 Å². The van der Waals surface area contributed by atoms with Gasteiger partial charge in [-0.1, -0.05) is 56.3 Å². The maximum Gasteiger partial charge on any atom is 0.157 e. The first-order chi connectivity index (χ1) is 16.6. The lowest BCUT2D eigenvalue weighted by Gasteiger charge is -2.53. The standard InChI is InChI=1S/C30H34O5/c1-17-10-11-23-24(18-8-6-5-7-9-18)25-27(34)20(15-31)26(33)21(16-32)28(25)35-30(23,4)13-12-22-19(17)14-29(22,2)3/h5-9,15-16,19,22-24,33-34H,1,10-14H2,2-4H3/t19-,22-,23+,24+,30-/m0/s1. The number of benzene rings is 2. The molecule has 184 valence electrons. The summed E-state index contributed by atoms with van der Waals surface area (Å²) in [4.78, 5) is 24.0. The first-order valence-electron chi connectivity index (χ1n) is 12.6. The van der Waals surface area contributed by atoms with Crippen molar-refractivity contribution < 1.29 is 24.5 Å². The van der Waals surface area contributed by atoms with E-state index in [0.717, 1.165) is 37.7 Å². The van der Waals surface area contributed by atoms with Gasteiger partial charge in [-0.3, -0.25) is 9.59 Å². The van der Waals surface area contributed by atoms with Gasteiger partial charge in [0, 0.05) is 17.4 Å². The van der Waals surface area contributed by atoms with Crippen LogP contribution in [0.2, 0.25) is 0 Å². The zero-order valence-electron chi connectivity index (χ0n) is 20.7. The lowest BCUT2D eigenvalue weighted by molar-refractivity contribution is -0.0395. The minimum Gasteiger partial charge on any atom is -0.507 e. The number of carbonyl (C=O) groups excluding carboxylic acids is 2. The highest BCUT2D eigenvalue weighted by molar-refractivity contribution is 5.95. The lowest BCUT2D eigenvalue weighted by Crippen LogP contribution is -2.49. The SMILES string of the molecule is C=C1CC[C@@H]2[C@@H](c3ccccc3)c3c(O)c(C=O)c(O)c(C=O)c3O[C@@]2(C)CC[C@H]2[C@H]1CC2(C)C. The van der Waals surface area contributed by atoms with Crippen molar-refractivity contribution in [2.45, 2.75) is 64.4 Å². The van der Waals surface area contributed by atoms with E-state index in [4.69, 9.17) is 4.74 Å².